The molecule has 1 aromatic heterocycles. The molecule has 3 rings (SSSR count). The molecule has 0 aliphatic heterocycles. The average Bonchev–Trinajstić information content (AvgIpc) is 2.65. The second-order valence-electron chi connectivity index (χ2n) is 6.81. The summed E-state index contributed by atoms with van der Waals surface area (Å²) in [6, 6.07) is 14.5. The van der Waals surface area contributed by atoms with Gasteiger partial charge in [0, 0.05) is 21.8 Å². The third-order valence-electron chi connectivity index (χ3n) is 4.06. The number of hydrogen-bond donors (Lipinski definition) is 2. The Kier molecular flexibility index (Phi) is 4.90. The van der Waals surface area contributed by atoms with E-state index in [2.05, 4.69) is 10.3 Å². The monoisotopic (exact) mass is 360 g/mol. The number of rotatable bonds is 5. The highest BCUT2D eigenvalue weighted by Gasteiger charge is 2.24. The Morgan fingerprint density at radius 2 is 1.85 bits per heavy atom. The number of aryl methyl sites for hydroxylation is 1. The van der Waals surface area contributed by atoms with E-state index in [0.717, 1.165) is 0 Å². The fourth-order valence-corrected chi connectivity index (χ4v) is 2.67. The zero-order valence-electron chi connectivity index (χ0n) is 15.3. The molecular formula is C19H18B2N2O4. The molecule has 1 amide bonds. The predicted molar refractivity (Wildman–Crippen MR) is 108 cm³/mol. The number of nitrogens with zero attached hydrogens (tertiary/aromatic N) is 1. The molecular weight excluding hydrogens is 342 g/mol. The van der Waals surface area contributed by atoms with Gasteiger partial charge in [-0.05, 0) is 37.3 Å². The molecule has 2 aromatic carbocycles. The molecule has 27 heavy (non-hydrogen) atoms. The maximum atomic E-state index is 12.4. The first-order valence-electron chi connectivity index (χ1n) is 8.46. The summed E-state index contributed by atoms with van der Waals surface area (Å²) in [5.41, 5.74) is 0.446. The summed E-state index contributed by atoms with van der Waals surface area (Å²) in [6.45, 7) is 1.75. The Hall–Kier alpha value is -3.28. The van der Waals surface area contributed by atoms with E-state index in [-0.39, 0.29) is 11.4 Å². The van der Waals surface area contributed by atoms with Crippen molar-refractivity contribution in [2.24, 2.45) is 0 Å². The first-order valence-corrected chi connectivity index (χ1v) is 8.46. The SMILES string of the molecule is BC(B)(C=O)NC(=O)c1nc(C)c2cc(Oc3ccccc3)ccc2c1O. The van der Waals surface area contributed by atoms with E-state index in [0.29, 0.717) is 34.3 Å². The number of ether oxygens (including phenoxy) is 1. The molecule has 134 valence electrons. The normalized spacial score (nSPS) is 11.1. The lowest BCUT2D eigenvalue weighted by Crippen LogP contribution is -2.51. The Labute approximate surface area is 158 Å². The topological polar surface area (TPSA) is 88.5 Å². The molecule has 0 bridgehead atoms. The second-order valence-corrected chi connectivity index (χ2v) is 6.81. The molecule has 0 aliphatic rings. The van der Waals surface area contributed by atoms with E-state index in [1.165, 1.54) is 0 Å². The minimum atomic E-state index is -1.05. The Balaban J connectivity index is 1.99. The van der Waals surface area contributed by atoms with Crippen molar-refractivity contribution >= 4 is 38.7 Å². The summed E-state index contributed by atoms with van der Waals surface area (Å²) in [4.78, 5) is 27.7. The molecule has 0 fully saturated rings. The summed E-state index contributed by atoms with van der Waals surface area (Å²) in [5, 5.41) is 13.2. The summed E-state index contributed by atoms with van der Waals surface area (Å²) < 4.78 is 5.81. The van der Waals surface area contributed by atoms with Crippen molar-refractivity contribution in [2.45, 2.75) is 12.3 Å². The van der Waals surface area contributed by atoms with Crippen LogP contribution in [0.2, 0.25) is 0 Å². The fourth-order valence-electron chi connectivity index (χ4n) is 2.67. The number of para-hydroxylation sites is 1. The Morgan fingerprint density at radius 3 is 2.52 bits per heavy atom. The highest BCUT2D eigenvalue weighted by atomic mass is 16.5. The quantitative estimate of drug-likeness (QED) is 0.521. The number of nitrogens with one attached hydrogen (secondary N) is 1. The number of carbonyl (C=O) groups excluding carboxylic acids is 2. The van der Waals surface area contributed by atoms with Crippen LogP contribution in [0.3, 0.4) is 0 Å². The van der Waals surface area contributed by atoms with Crippen LogP contribution < -0.4 is 10.1 Å². The zero-order chi connectivity index (χ0) is 19.6. The molecule has 8 heteroatoms. The van der Waals surface area contributed by atoms with E-state index in [1.54, 1.807) is 40.8 Å². The van der Waals surface area contributed by atoms with Gasteiger partial charge in [0.15, 0.2) is 11.4 Å². The van der Waals surface area contributed by atoms with Crippen molar-refractivity contribution in [1.29, 1.82) is 0 Å². The molecule has 0 saturated carbocycles. The molecule has 3 aromatic rings. The van der Waals surface area contributed by atoms with Crippen molar-refractivity contribution in [3.63, 3.8) is 0 Å². The summed E-state index contributed by atoms with van der Waals surface area (Å²) in [5.74, 6) is 0.441. The number of benzene rings is 2. The molecule has 2 N–H and O–H groups in total. The fraction of sp³-hybridized carbons (Fsp3) is 0.105. The van der Waals surface area contributed by atoms with Crippen LogP contribution in [0.5, 0.6) is 17.2 Å². The molecule has 0 spiro atoms. The largest absolute Gasteiger partial charge is 0.505 e. The minimum Gasteiger partial charge on any atom is -0.505 e. The van der Waals surface area contributed by atoms with Crippen LogP contribution in [0.25, 0.3) is 10.8 Å². The number of pyridine rings is 1. The standard InChI is InChI=1S/C19H18B2N2O4/c1-11-15-9-13(27-12-5-3-2-4-6-12)7-8-14(15)17(25)16(22-11)18(26)23-19(20,21)10-24/h2-10,25H,20-21H2,1H3,(H,23,26). The lowest BCUT2D eigenvalue weighted by atomic mass is 9.63. The Morgan fingerprint density at radius 1 is 1.15 bits per heavy atom. The van der Waals surface area contributed by atoms with Crippen LogP contribution >= 0.6 is 0 Å². The average molecular weight is 360 g/mol. The number of carbonyl (C=O) groups is 2. The third kappa shape index (κ3) is 3.95. The van der Waals surface area contributed by atoms with Crippen molar-refractivity contribution in [1.82, 2.24) is 10.3 Å². The highest BCUT2D eigenvalue weighted by Crippen LogP contribution is 2.33. The van der Waals surface area contributed by atoms with Crippen LogP contribution in [0.4, 0.5) is 0 Å². The number of amides is 1. The van der Waals surface area contributed by atoms with E-state index in [1.807, 2.05) is 30.3 Å². The summed E-state index contributed by atoms with van der Waals surface area (Å²) in [7, 11) is 3.13. The molecule has 0 atom stereocenters. The van der Waals surface area contributed by atoms with Crippen molar-refractivity contribution in [2.75, 3.05) is 0 Å². The number of fused-ring (bicyclic) bond motifs is 1. The zero-order valence-corrected chi connectivity index (χ0v) is 15.3. The van der Waals surface area contributed by atoms with Gasteiger partial charge >= 0.3 is 0 Å². The first kappa shape index (κ1) is 18.5. The number of aldehydes is 1. The van der Waals surface area contributed by atoms with Crippen molar-refractivity contribution < 1.29 is 19.4 Å². The highest BCUT2D eigenvalue weighted by molar-refractivity contribution is 6.49. The van der Waals surface area contributed by atoms with Crippen LogP contribution in [-0.4, -0.2) is 43.3 Å². The van der Waals surface area contributed by atoms with Crippen LogP contribution in [0, 0.1) is 6.92 Å². The lowest BCUT2D eigenvalue weighted by molar-refractivity contribution is -0.108. The van der Waals surface area contributed by atoms with Gasteiger partial charge in [-0.2, -0.15) is 0 Å². The molecule has 0 unspecified atom stereocenters. The Bertz CT molecular complexity index is 1020. The predicted octanol–water partition coefficient (Wildman–Crippen LogP) is 0.890. The van der Waals surface area contributed by atoms with Gasteiger partial charge in [0.25, 0.3) is 5.91 Å². The van der Waals surface area contributed by atoms with Gasteiger partial charge in [0.05, 0.1) is 0 Å². The van der Waals surface area contributed by atoms with Gasteiger partial charge in [-0.25, -0.2) is 4.98 Å². The number of aromatic nitrogens is 1. The molecule has 6 nitrogen and oxygen atoms in total. The number of aromatic hydroxyl groups is 1. The van der Waals surface area contributed by atoms with E-state index >= 15 is 0 Å². The van der Waals surface area contributed by atoms with E-state index in [4.69, 9.17) is 4.74 Å². The minimum absolute atomic E-state index is 0.119. The second kappa shape index (κ2) is 7.15. The van der Waals surface area contributed by atoms with Gasteiger partial charge in [-0.3, -0.25) is 4.79 Å². The maximum Gasteiger partial charge on any atom is 0.273 e. The van der Waals surface area contributed by atoms with Gasteiger partial charge < -0.3 is 20.0 Å². The van der Waals surface area contributed by atoms with E-state index in [9.17, 15) is 14.7 Å². The van der Waals surface area contributed by atoms with Crippen molar-refractivity contribution in [3.8, 4) is 17.2 Å². The maximum absolute atomic E-state index is 12.4. The summed E-state index contributed by atoms with van der Waals surface area (Å²) >= 11 is 0. The first-order chi connectivity index (χ1) is 12.8. The third-order valence-corrected chi connectivity index (χ3v) is 4.06. The molecule has 0 radical (unpaired) electrons. The van der Waals surface area contributed by atoms with Gasteiger partial charge in [0.1, 0.15) is 33.5 Å². The molecule has 0 aliphatic carbocycles. The lowest BCUT2D eigenvalue weighted by Gasteiger charge is -2.20. The van der Waals surface area contributed by atoms with Gasteiger partial charge in [-0.1, -0.05) is 18.2 Å². The molecule has 0 saturated heterocycles. The number of hydrogen-bond acceptors (Lipinski definition) is 5. The van der Waals surface area contributed by atoms with E-state index < -0.39 is 11.2 Å². The smallest absolute Gasteiger partial charge is 0.273 e. The van der Waals surface area contributed by atoms with Gasteiger partial charge in [0.2, 0.25) is 0 Å². The van der Waals surface area contributed by atoms with Gasteiger partial charge in [-0.15, -0.1) is 0 Å². The van der Waals surface area contributed by atoms with Crippen LogP contribution in [0.15, 0.2) is 48.5 Å². The van der Waals surface area contributed by atoms with Crippen molar-refractivity contribution in [3.05, 3.63) is 59.9 Å². The summed E-state index contributed by atoms with van der Waals surface area (Å²) in [6.07, 6.45) is 0.628. The van der Waals surface area contributed by atoms with Crippen LogP contribution in [0.1, 0.15) is 16.2 Å². The molecule has 1 heterocycles. The van der Waals surface area contributed by atoms with Crippen LogP contribution in [-0.2, 0) is 4.79 Å².